The Hall–Kier alpha value is -0.280. The maximum Gasteiger partial charge on any atom is 0.0229 e. The number of hydrogen-bond acceptors (Lipinski definition) is 2. The third-order valence-corrected chi connectivity index (χ3v) is 2.18. The fourth-order valence-corrected chi connectivity index (χ4v) is 1.42. The maximum absolute atomic E-state index is 3.29. The summed E-state index contributed by atoms with van der Waals surface area (Å²) in [5, 5.41) is 6.47. The van der Waals surface area contributed by atoms with Gasteiger partial charge in [0.2, 0.25) is 0 Å². The Morgan fingerprint density at radius 2 is 1.67 bits per heavy atom. The van der Waals surface area contributed by atoms with Crippen molar-refractivity contribution in [1.29, 1.82) is 0 Å². The molecule has 1 rings (SSSR count). The van der Waals surface area contributed by atoms with Crippen molar-refractivity contribution < 1.29 is 0 Å². The van der Waals surface area contributed by atoms with Gasteiger partial charge in [-0.15, -0.1) is 24.8 Å². The average molecular weight is 251 g/mol. The molecule has 2 N–H and O–H groups in total. The molecular weight excluding hydrogens is 231 g/mol. The number of halogens is 2. The van der Waals surface area contributed by atoms with Crippen molar-refractivity contribution in [2.45, 2.75) is 12.5 Å². The Morgan fingerprint density at radius 1 is 1.07 bits per heavy atom. The highest BCUT2D eigenvalue weighted by Crippen LogP contribution is 2.01. The van der Waals surface area contributed by atoms with E-state index in [1.165, 1.54) is 5.56 Å². The van der Waals surface area contributed by atoms with Crippen LogP contribution < -0.4 is 10.6 Å². The van der Waals surface area contributed by atoms with Gasteiger partial charge in [-0.2, -0.15) is 0 Å². The van der Waals surface area contributed by atoms with Gasteiger partial charge in [-0.3, -0.25) is 0 Å². The molecule has 0 fully saturated rings. The van der Waals surface area contributed by atoms with Crippen molar-refractivity contribution in [3.05, 3.63) is 35.9 Å². The van der Waals surface area contributed by atoms with Gasteiger partial charge in [0.1, 0.15) is 0 Å². The van der Waals surface area contributed by atoms with Crippen LogP contribution in [0.4, 0.5) is 0 Å². The van der Waals surface area contributed by atoms with E-state index < -0.39 is 0 Å². The van der Waals surface area contributed by atoms with Gasteiger partial charge in [0.25, 0.3) is 0 Å². The van der Waals surface area contributed by atoms with E-state index in [1.54, 1.807) is 0 Å². The van der Waals surface area contributed by atoms with Crippen LogP contribution >= 0.6 is 24.8 Å². The molecule has 2 nitrogen and oxygen atoms in total. The summed E-state index contributed by atoms with van der Waals surface area (Å²) >= 11 is 0. The van der Waals surface area contributed by atoms with Crippen molar-refractivity contribution in [1.82, 2.24) is 10.6 Å². The molecule has 0 radical (unpaired) electrons. The lowest BCUT2D eigenvalue weighted by Gasteiger charge is -2.15. The summed E-state index contributed by atoms with van der Waals surface area (Å²) in [4.78, 5) is 0. The molecule has 1 aromatic carbocycles. The quantitative estimate of drug-likeness (QED) is 0.835. The maximum atomic E-state index is 3.29. The van der Waals surface area contributed by atoms with E-state index in [0.717, 1.165) is 13.0 Å². The molecule has 0 heterocycles. The topological polar surface area (TPSA) is 24.1 Å². The molecule has 0 aliphatic heterocycles. The summed E-state index contributed by atoms with van der Waals surface area (Å²) in [6.45, 7) is 1.01. The second-order valence-electron chi connectivity index (χ2n) is 3.23. The minimum absolute atomic E-state index is 0. The molecule has 15 heavy (non-hydrogen) atoms. The van der Waals surface area contributed by atoms with Crippen LogP contribution in [0, 0.1) is 0 Å². The first-order chi connectivity index (χ1) is 6.36. The molecule has 0 aliphatic carbocycles. The molecule has 0 saturated carbocycles. The lowest BCUT2D eigenvalue weighted by molar-refractivity contribution is 0.530. The van der Waals surface area contributed by atoms with Crippen LogP contribution in [0.3, 0.4) is 0 Å². The normalized spacial score (nSPS) is 11.1. The number of benzene rings is 1. The average Bonchev–Trinajstić information content (AvgIpc) is 2.19. The molecule has 88 valence electrons. The van der Waals surface area contributed by atoms with Crippen LogP contribution in [-0.4, -0.2) is 26.7 Å². The Bertz CT molecular complexity index is 229. The van der Waals surface area contributed by atoms with Gasteiger partial charge in [0.15, 0.2) is 0 Å². The molecular formula is C11H20Cl2N2. The van der Waals surface area contributed by atoms with Gasteiger partial charge in [0, 0.05) is 12.6 Å². The van der Waals surface area contributed by atoms with Crippen LogP contribution in [0.25, 0.3) is 0 Å². The monoisotopic (exact) mass is 250 g/mol. The SMILES string of the molecule is CNCC(Cc1ccccc1)NC.Cl.Cl. The van der Waals surface area contributed by atoms with E-state index in [0.29, 0.717) is 6.04 Å². The van der Waals surface area contributed by atoms with Gasteiger partial charge in [-0.1, -0.05) is 30.3 Å². The molecule has 1 unspecified atom stereocenters. The van der Waals surface area contributed by atoms with Crippen molar-refractivity contribution in [3.8, 4) is 0 Å². The molecule has 4 heteroatoms. The van der Waals surface area contributed by atoms with E-state index in [1.807, 2.05) is 14.1 Å². The van der Waals surface area contributed by atoms with Gasteiger partial charge in [-0.25, -0.2) is 0 Å². The molecule has 1 aromatic rings. The minimum atomic E-state index is 0. The highest BCUT2D eigenvalue weighted by atomic mass is 35.5. The van der Waals surface area contributed by atoms with E-state index >= 15 is 0 Å². The van der Waals surface area contributed by atoms with E-state index in [2.05, 4.69) is 41.0 Å². The fourth-order valence-electron chi connectivity index (χ4n) is 1.42. The second-order valence-corrected chi connectivity index (χ2v) is 3.23. The molecule has 0 aromatic heterocycles. The smallest absolute Gasteiger partial charge is 0.0229 e. The summed E-state index contributed by atoms with van der Waals surface area (Å²) < 4.78 is 0. The summed E-state index contributed by atoms with van der Waals surface area (Å²) in [6.07, 6.45) is 1.08. The third kappa shape index (κ3) is 6.74. The largest absolute Gasteiger partial charge is 0.318 e. The Labute approximate surface area is 105 Å². The lowest BCUT2D eigenvalue weighted by Crippen LogP contribution is -2.36. The molecule has 0 saturated heterocycles. The Kier molecular flexibility index (Phi) is 11.7. The highest BCUT2D eigenvalue weighted by molar-refractivity contribution is 5.85. The molecule has 0 bridgehead atoms. The van der Waals surface area contributed by atoms with Crippen molar-refractivity contribution >= 4 is 24.8 Å². The molecule has 0 spiro atoms. The summed E-state index contributed by atoms with van der Waals surface area (Å²) in [6, 6.07) is 11.1. The standard InChI is InChI=1S/C11H18N2.2ClH/c1-12-9-11(13-2)8-10-6-4-3-5-7-10;;/h3-7,11-13H,8-9H2,1-2H3;2*1H. The van der Waals surface area contributed by atoms with Crippen LogP contribution in [0.1, 0.15) is 5.56 Å². The van der Waals surface area contributed by atoms with Gasteiger partial charge >= 0.3 is 0 Å². The first kappa shape index (κ1) is 17.1. The minimum Gasteiger partial charge on any atom is -0.318 e. The number of hydrogen-bond donors (Lipinski definition) is 2. The summed E-state index contributed by atoms with van der Waals surface area (Å²) in [5.41, 5.74) is 1.39. The van der Waals surface area contributed by atoms with Crippen LogP contribution in [0.15, 0.2) is 30.3 Å². The number of nitrogens with one attached hydrogen (secondary N) is 2. The van der Waals surface area contributed by atoms with Gasteiger partial charge in [-0.05, 0) is 26.1 Å². The first-order valence-electron chi connectivity index (χ1n) is 4.72. The number of likely N-dealkylation sites (N-methyl/N-ethyl adjacent to an activating group) is 2. The predicted octanol–water partition coefficient (Wildman–Crippen LogP) is 1.88. The molecule has 1 atom stereocenters. The Morgan fingerprint density at radius 3 is 2.13 bits per heavy atom. The number of rotatable bonds is 5. The van der Waals surface area contributed by atoms with E-state index in [-0.39, 0.29) is 24.8 Å². The van der Waals surface area contributed by atoms with Crippen LogP contribution in [-0.2, 0) is 6.42 Å². The zero-order valence-corrected chi connectivity index (χ0v) is 10.8. The molecule has 0 aliphatic rings. The molecule has 0 amide bonds. The van der Waals surface area contributed by atoms with Crippen molar-refractivity contribution in [2.75, 3.05) is 20.6 Å². The van der Waals surface area contributed by atoms with E-state index in [4.69, 9.17) is 0 Å². The first-order valence-corrected chi connectivity index (χ1v) is 4.72. The van der Waals surface area contributed by atoms with Gasteiger partial charge < -0.3 is 10.6 Å². The second kappa shape index (κ2) is 10.2. The van der Waals surface area contributed by atoms with Crippen molar-refractivity contribution in [3.63, 3.8) is 0 Å². The highest BCUT2D eigenvalue weighted by Gasteiger charge is 2.04. The zero-order chi connectivity index (χ0) is 9.52. The van der Waals surface area contributed by atoms with Crippen LogP contribution in [0.2, 0.25) is 0 Å². The van der Waals surface area contributed by atoms with Gasteiger partial charge in [0.05, 0.1) is 0 Å². The summed E-state index contributed by atoms with van der Waals surface area (Å²) in [7, 11) is 3.99. The zero-order valence-electron chi connectivity index (χ0n) is 9.19. The lowest BCUT2D eigenvalue weighted by atomic mass is 10.1. The van der Waals surface area contributed by atoms with E-state index in [9.17, 15) is 0 Å². The van der Waals surface area contributed by atoms with Crippen LogP contribution in [0.5, 0.6) is 0 Å². The van der Waals surface area contributed by atoms with Crippen molar-refractivity contribution in [2.24, 2.45) is 0 Å². The fraction of sp³-hybridized carbons (Fsp3) is 0.455. The predicted molar refractivity (Wildman–Crippen MR) is 71.4 cm³/mol. The Balaban J connectivity index is 0. The third-order valence-electron chi connectivity index (χ3n) is 2.18. The summed E-state index contributed by atoms with van der Waals surface area (Å²) in [5.74, 6) is 0.